The first-order chi connectivity index (χ1) is 14.6. The summed E-state index contributed by atoms with van der Waals surface area (Å²) in [6.45, 7) is 0.522. The average molecular weight is 413 g/mol. The maximum Gasteiger partial charge on any atom is 0.325 e. The van der Waals surface area contributed by atoms with Gasteiger partial charge in [0, 0.05) is 29.7 Å². The van der Waals surface area contributed by atoms with Crippen LogP contribution in [0, 0.1) is 5.82 Å². The quantitative estimate of drug-likeness (QED) is 0.696. The molecule has 1 saturated heterocycles. The van der Waals surface area contributed by atoms with Crippen LogP contribution in [0.5, 0.6) is 5.75 Å². The highest BCUT2D eigenvalue weighted by Crippen LogP contribution is 2.36. The van der Waals surface area contributed by atoms with Crippen molar-refractivity contribution in [3.63, 3.8) is 0 Å². The topological polar surface area (TPSA) is 65.1 Å². The molecule has 1 fully saturated rings. The Balaban J connectivity index is 1.44. The summed E-state index contributed by atoms with van der Waals surface area (Å²) in [5.41, 5.74) is 1.84. The van der Waals surface area contributed by atoms with E-state index in [2.05, 4.69) is 0 Å². The molecule has 0 saturated carbocycles. The Labute approximate surface area is 174 Å². The molecule has 2 aromatic carbocycles. The van der Waals surface area contributed by atoms with Gasteiger partial charge in [-0.1, -0.05) is 36.8 Å². The number of hydrogen-bond donors (Lipinski definition) is 0. The normalized spacial score (nSPS) is 18.9. The minimum atomic E-state index is -0.617. The van der Waals surface area contributed by atoms with Gasteiger partial charge >= 0.3 is 5.97 Å². The molecule has 0 spiro atoms. The van der Waals surface area contributed by atoms with Crippen molar-refractivity contribution in [2.45, 2.75) is 45.2 Å². The van der Waals surface area contributed by atoms with Crippen molar-refractivity contribution in [1.29, 1.82) is 0 Å². The number of esters is 1. The van der Waals surface area contributed by atoms with Crippen LogP contribution >= 0.6 is 0 Å². The average Bonchev–Trinajstić information content (AvgIpc) is 2.96. The predicted octanol–water partition coefficient (Wildman–Crippen LogP) is 3.88. The second-order valence-electron chi connectivity index (χ2n) is 7.51. The van der Waals surface area contributed by atoms with Crippen molar-refractivity contribution in [2.75, 3.05) is 13.1 Å². The molecule has 4 rings (SSSR count). The van der Waals surface area contributed by atoms with Gasteiger partial charge in [-0.3, -0.25) is 9.59 Å². The smallest absolute Gasteiger partial charge is 0.325 e. The minimum Gasteiger partial charge on any atom is -0.460 e. The minimum absolute atomic E-state index is 0.0289. The Morgan fingerprint density at radius 2 is 2.00 bits per heavy atom. The molecule has 0 aromatic heterocycles. The predicted molar refractivity (Wildman–Crippen MR) is 106 cm³/mol. The number of hydrogen-bond acceptors (Lipinski definition) is 5. The molecular formula is C23H24FNO5. The maximum absolute atomic E-state index is 14.1. The summed E-state index contributed by atoms with van der Waals surface area (Å²) in [6.07, 6.45) is 2.55. The lowest BCUT2D eigenvalue weighted by Gasteiger charge is -2.28. The molecule has 2 aliphatic rings. The number of carbonyl (C=O) groups is 2. The first-order valence-electron chi connectivity index (χ1n) is 10.2. The number of nitrogens with zero attached hydrogens (tertiary/aromatic N) is 1. The first kappa shape index (κ1) is 20.3. The molecule has 1 atom stereocenters. The number of rotatable bonds is 5. The van der Waals surface area contributed by atoms with Crippen molar-refractivity contribution in [3.8, 4) is 5.75 Å². The molecule has 2 aliphatic heterocycles. The molecule has 0 bridgehead atoms. The van der Waals surface area contributed by atoms with Crippen LogP contribution in [0.4, 0.5) is 4.39 Å². The molecule has 0 aliphatic carbocycles. The van der Waals surface area contributed by atoms with E-state index in [-0.39, 0.29) is 25.7 Å². The molecule has 0 N–H and O–H groups in total. The van der Waals surface area contributed by atoms with Gasteiger partial charge in [0.1, 0.15) is 24.7 Å². The van der Waals surface area contributed by atoms with E-state index in [0.717, 1.165) is 24.8 Å². The van der Waals surface area contributed by atoms with Crippen LogP contribution in [0.3, 0.4) is 0 Å². The van der Waals surface area contributed by atoms with Crippen molar-refractivity contribution in [2.24, 2.45) is 0 Å². The lowest BCUT2D eigenvalue weighted by atomic mass is 10.1. The molecule has 0 radical (unpaired) electrons. The highest BCUT2D eigenvalue weighted by molar-refractivity contribution is 5.82. The third kappa shape index (κ3) is 4.79. The fourth-order valence-corrected chi connectivity index (χ4v) is 3.72. The number of fused-ring (bicyclic) bond motifs is 1. The van der Waals surface area contributed by atoms with Crippen LogP contribution in [-0.4, -0.2) is 29.9 Å². The second kappa shape index (κ2) is 9.26. The molecule has 30 heavy (non-hydrogen) atoms. The van der Waals surface area contributed by atoms with Gasteiger partial charge in [0.15, 0.2) is 0 Å². The number of ether oxygens (including phenoxy) is 3. The van der Waals surface area contributed by atoms with E-state index in [0.29, 0.717) is 29.8 Å². The molecule has 7 heteroatoms. The van der Waals surface area contributed by atoms with Crippen molar-refractivity contribution >= 4 is 11.9 Å². The van der Waals surface area contributed by atoms with Crippen LogP contribution in [-0.2, 0) is 32.3 Å². The fraction of sp³-hybridized carbons (Fsp3) is 0.391. The van der Waals surface area contributed by atoms with Gasteiger partial charge in [-0.2, -0.15) is 0 Å². The van der Waals surface area contributed by atoms with Crippen molar-refractivity contribution < 1.29 is 28.2 Å². The monoisotopic (exact) mass is 413 g/mol. The lowest BCUT2D eigenvalue weighted by Crippen LogP contribution is -2.35. The summed E-state index contributed by atoms with van der Waals surface area (Å²) in [4.78, 5) is 25.9. The summed E-state index contributed by atoms with van der Waals surface area (Å²) in [7, 11) is 0. The van der Waals surface area contributed by atoms with E-state index in [1.54, 1.807) is 0 Å². The zero-order valence-corrected chi connectivity index (χ0v) is 16.6. The molecule has 2 aromatic rings. The lowest BCUT2D eigenvalue weighted by molar-refractivity contribution is -0.150. The SMILES string of the molecule is O=C(CN1CCCCCC1=O)OCc1cc(F)cc2c1OC(c1ccccc1)OC2. The molecule has 1 amide bonds. The number of halogens is 1. The van der Waals surface area contributed by atoms with E-state index < -0.39 is 18.1 Å². The molecule has 2 heterocycles. The fourth-order valence-electron chi connectivity index (χ4n) is 3.72. The molecule has 1 unspecified atom stereocenters. The van der Waals surface area contributed by atoms with Gasteiger partial charge in [-0.25, -0.2) is 4.39 Å². The van der Waals surface area contributed by atoms with Crippen molar-refractivity contribution in [1.82, 2.24) is 4.90 Å². The van der Waals surface area contributed by atoms with Crippen LogP contribution < -0.4 is 4.74 Å². The van der Waals surface area contributed by atoms with Crippen molar-refractivity contribution in [3.05, 3.63) is 65.0 Å². The Bertz CT molecular complexity index is 917. The van der Waals surface area contributed by atoms with Gasteiger partial charge in [-0.05, 0) is 25.0 Å². The van der Waals surface area contributed by atoms with Gasteiger partial charge in [0.2, 0.25) is 12.2 Å². The zero-order chi connectivity index (χ0) is 20.9. The summed E-state index contributed by atoms with van der Waals surface area (Å²) in [5.74, 6) is -0.531. The first-order valence-corrected chi connectivity index (χ1v) is 10.2. The Morgan fingerprint density at radius 1 is 1.17 bits per heavy atom. The standard InChI is InChI=1S/C23H24FNO5/c24-19-11-17(14-28-21(27)13-25-10-6-2-5-9-20(25)26)22-18(12-19)15-29-23(30-22)16-7-3-1-4-8-16/h1,3-4,7-8,11-12,23H,2,5-6,9-10,13-15H2. The van der Waals surface area contributed by atoms with Gasteiger partial charge in [0.25, 0.3) is 0 Å². The molecule has 6 nitrogen and oxygen atoms in total. The van der Waals surface area contributed by atoms with Crippen LogP contribution in [0.2, 0.25) is 0 Å². The Kier molecular flexibility index (Phi) is 6.28. The Morgan fingerprint density at radius 3 is 2.83 bits per heavy atom. The summed E-state index contributed by atoms with van der Waals surface area (Å²) >= 11 is 0. The third-order valence-electron chi connectivity index (χ3n) is 5.27. The zero-order valence-electron chi connectivity index (χ0n) is 16.6. The second-order valence-corrected chi connectivity index (χ2v) is 7.51. The van der Waals surface area contributed by atoms with E-state index >= 15 is 0 Å². The van der Waals surface area contributed by atoms with Crippen LogP contribution in [0.1, 0.15) is 48.7 Å². The number of benzene rings is 2. The number of carbonyl (C=O) groups excluding carboxylic acids is 2. The number of amides is 1. The van der Waals surface area contributed by atoms with E-state index in [1.807, 2.05) is 30.3 Å². The third-order valence-corrected chi connectivity index (χ3v) is 5.27. The maximum atomic E-state index is 14.1. The largest absolute Gasteiger partial charge is 0.460 e. The van der Waals surface area contributed by atoms with Gasteiger partial charge < -0.3 is 19.1 Å². The van der Waals surface area contributed by atoms with Gasteiger partial charge in [0.05, 0.1) is 6.61 Å². The van der Waals surface area contributed by atoms with E-state index in [1.165, 1.54) is 17.0 Å². The van der Waals surface area contributed by atoms with Crippen LogP contribution in [0.15, 0.2) is 42.5 Å². The number of likely N-dealkylation sites (tertiary alicyclic amines) is 1. The summed E-state index contributed by atoms with van der Waals surface area (Å²) in [5, 5.41) is 0. The van der Waals surface area contributed by atoms with Crippen LogP contribution in [0.25, 0.3) is 0 Å². The van der Waals surface area contributed by atoms with E-state index in [4.69, 9.17) is 14.2 Å². The Hall–Kier alpha value is -2.93. The summed E-state index contributed by atoms with van der Waals surface area (Å²) in [6, 6.07) is 12.1. The highest BCUT2D eigenvalue weighted by atomic mass is 19.1. The van der Waals surface area contributed by atoms with E-state index in [9.17, 15) is 14.0 Å². The summed E-state index contributed by atoms with van der Waals surface area (Å²) < 4.78 is 31.1. The molecular weight excluding hydrogens is 389 g/mol. The molecule has 158 valence electrons. The van der Waals surface area contributed by atoms with Gasteiger partial charge in [-0.15, -0.1) is 0 Å². The highest BCUT2D eigenvalue weighted by Gasteiger charge is 2.26.